The Morgan fingerprint density at radius 1 is 1.35 bits per heavy atom. The molecule has 1 aliphatic rings. The second-order valence-corrected chi connectivity index (χ2v) is 10.6. The molecule has 0 spiro atoms. The van der Waals surface area contributed by atoms with Crippen LogP contribution in [-0.4, -0.2) is 80.6 Å². The predicted octanol–water partition coefficient (Wildman–Crippen LogP) is 2.25. The minimum Gasteiger partial charge on any atom is -0.462 e. The maximum Gasteiger partial charge on any atom is 0.342 e. The highest BCUT2D eigenvalue weighted by molar-refractivity contribution is 7.84. The van der Waals surface area contributed by atoms with Crippen molar-refractivity contribution in [2.45, 2.75) is 57.1 Å². The van der Waals surface area contributed by atoms with E-state index in [2.05, 4.69) is 5.10 Å². The quantitative estimate of drug-likeness (QED) is 0.482. The Labute approximate surface area is 206 Å². The van der Waals surface area contributed by atoms with Crippen molar-refractivity contribution in [3.8, 4) is 0 Å². The van der Waals surface area contributed by atoms with Gasteiger partial charge in [-0.3, -0.25) is 18.5 Å². The fourth-order valence-corrected chi connectivity index (χ4v) is 5.84. The van der Waals surface area contributed by atoms with Crippen LogP contribution in [0.15, 0.2) is 22.5 Å². The van der Waals surface area contributed by atoms with Gasteiger partial charge in [0.05, 0.1) is 36.1 Å². The lowest BCUT2D eigenvalue weighted by Crippen LogP contribution is -2.50. The molecule has 2 aromatic rings. The zero-order chi connectivity index (χ0) is 24.8. The van der Waals surface area contributed by atoms with Crippen LogP contribution in [0, 0.1) is 6.92 Å². The zero-order valence-electron chi connectivity index (χ0n) is 20.1. The third-order valence-corrected chi connectivity index (χ3v) is 7.80. The number of rotatable bonds is 9. The molecule has 1 fully saturated rings. The van der Waals surface area contributed by atoms with Crippen molar-refractivity contribution in [1.82, 2.24) is 19.6 Å². The lowest BCUT2D eigenvalue weighted by Gasteiger charge is -2.37. The van der Waals surface area contributed by atoms with Gasteiger partial charge in [-0.05, 0) is 38.1 Å². The van der Waals surface area contributed by atoms with Crippen LogP contribution in [0.25, 0.3) is 0 Å². The number of piperidine rings is 1. The number of carbonyl (C=O) groups excluding carboxylic acids is 3. The lowest BCUT2D eigenvalue weighted by atomic mass is 10.0. The second-order valence-electron chi connectivity index (χ2n) is 8.31. The number of nitrogens with zero attached hydrogens (tertiary/aromatic N) is 4. The number of likely N-dealkylation sites (tertiary alicyclic amines) is 1. The van der Waals surface area contributed by atoms with Gasteiger partial charge in [-0.2, -0.15) is 5.10 Å². The minimum absolute atomic E-state index is 0.0530. The van der Waals surface area contributed by atoms with E-state index in [0.29, 0.717) is 25.2 Å². The van der Waals surface area contributed by atoms with Crippen molar-refractivity contribution in [3.63, 3.8) is 0 Å². The molecule has 9 nitrogen and oxygen atoms in total. The Hall–Kier alpha value is -2.53. The number of esters is 1. The molecule has 1 unspecified atom stereocenters. The summed E-state index contributed by atoms with van der Waals surface area (Å²) in [6, 6.07) is 3.85. The summed E-state index contributed by atoms with van der Waals surface area (Å²) in [4.78, 5) is 42.6. The molecule has 0 bridgehead atoms. The molecule has 2 atom stereocenters. The molecular formula is C23H32N4O5S2. The van der Waals surface area contributed by atoms with Crippen molar-refractivity contribution >= 4 is 39.9 Å². The average Bonchev–Trinajstić information content (AvgIpc) is 3.44. The normalized spacial score (nSPS) is 16.8. The molecule has 34 heavy (non-hydrogen) atoms. The van der Waals surface area contributed by atoms with Crippen LogP contribution in [0.1, 0.15) is 47.1 Å². The summed E-state index contributed by atoms with van der Waals surface area (Å²) in [6.45, 7) is 5.00. The maximum absolute atomic E-state index is 13.0. The molecule has 1 saturated heterocycles. The van der Waals surface area contributed by atoms with Crippen molar-refractivity contribution in [3.05, 3.63) is 33.6 Å². The average molecular weight is 509 g/mol. The molecule has 1 aliphatic heterocycles. The third-order valence-electron chi connectivity index (χ3n) is 5.97. The van der Waals surface area contributed by atoms with Crippen LogP contribution in [0.4, 0.5) is 0 Å². The Morgan fingerprint density at radius 2 is 2.12 bits per heavy atom. The number of aryl methyl sites for hydroxylation is 2. The Balaban J connectivity index is 1.62. The fourth-order valence-electron chi connectivity index (χ4n) is 4.20. The standard InChI is InChI=1S/C23H32N4O5S2/c1-5-32-23(30)21-16(2)24-27(22(21)34(4)31)12-10-19(28)25(3)17-8-6-11-26(15-17)20(29)14-18-9-7-13-33-18/h7,9,13,17H,5-6,8,10-12,14-15H2,1-4H3/t17-,34?/m0/s1. The molecular weight excluding hydrogens is 476 g/mol. The molecule has 0 aromatic carbocycles. The van der Waals surface area contributed by atoms with Gasteiger partial charge >= 0.3 is 5.97 Å². The van der Waals surface area contributed by atoms with Gasteiger partial charge in [0.1, 0.15) is 10.6 Å². The van der Waals surface area contributed by atoms with Crippen molar-refractivity contribution in [1.29, 1.82) is 0 Å². The Kier molecular flexibility index (Phi) is 9.01. The highest BCUT2D eigenvalue weighted by atomic mass is 32.2. The van der Waals surface area contributed by atoms with Crippen LogP contribution < -0.4 is 0 Å². The summed E-state index contributed by atoms with van der Waals surface area (Å²) in [7, 11) is 0.284. The van der Waals surface area contributed by atoms with Crippen LogP contribution in [0.2, 0.25) is 0 Å². The summed E-state index contributed by atoms with van der Waals surface area (Å²) in [5, 5.41) is 6.59. The van der Waals surface area contributed by atoms with Crippen molar-refractivity contribution in [2.75, 3.05) is 33.0 Å². The molecule has 3 heterocycles. The zero-order valence-corrected chi connectivity index (χ0v) is 21.7. The number of ether oxygens (including phenoxy) is 1. The number of amides is 2. The Morgan fingerprint density at radius 3 is 2.76 bits per heavy atom. The van der Waals surface area contributed by atoms with Gasteiger partial charge in [-0.15, -0.1) is 11.3 Å². The summed E-state index contributed by atoms with van der Waals surface area (Å²) >= 11 is 1.57. The molecule has 0 N–H and O–H groups in total. The molecule has 2 amide bonds. The van der Waals surface area contributed by atoms with Gasteiger partial charge < -0.3 is 14.5 Å². The van der Waals surface area contributed by atoms with Crippen LogP contribution in [0.3, 0.4) is 0 Å². The van der Waals surface area contributed by atoms with E-state index in [1.807, 2.05) is 22.4 Å². The topological polar surface area (TPSA) is 102 Å². The third kappa shape index (κ3) is 6.12. The first-order valence-electron chi connectivity index (χ1n) is 11.4. The number of carbonyl (C=O) groups is 3. The first-order chi connectivity index (χ1) is 16.2. The van der Waals surface area contributed by atoms with E-state index in [1.54, 1.807) is 37.1 Å². The molecule has 0 aliphatic carbocycles. The highest BCUT2D eigenvalue weighted by Crippen LogP contribution is 2.21. The molecule has 2 aromatic heterocycles. The van der Waals surface area contributed by atoms with Gasteiger partial charge in [0.15, 0.2) is 0 Å². The van der Waals surface area contributed by atoms with Gasteiger partial charge in [0.25, 0.3) is 0 Å². The number of hydrogen-bond donors (Lipinski definition) is 0. The van der Waals surface area contributed by atoms with Crippen LogP contribution in [-0.2, 0) is 38.1 Å². The van der Waals surface area contributed by atoms with Crippen LogP contribution in [0.5, 0.6) is 0 Å². The van der Waals surface area contributed by atoms with E-state index in [4.69, 9.17) is 4.74 Å². The lowest BCUT2D eigenvalue weighted by molar-refractivity contribution is -0.138. The summed E-state index contributed by atoms with van der Waals surface area (Å²) in [5.41, 5.74) is 0.632. The molecule has 0 radical (unpaired) electrons. The number of aromatic nitrogens is 2. The summed E-state index contributed by atoms with van der Waals surface area (Å²) in [6.07, 6.45) is 3.69. The van der Waals surface area contributed by atoms with E-state index in [1.165, 1.54) is 10.9 Å². The van der Waals surface area contributed by atoms with E-state index in [0.717, 1.165) is 17.7 Å². The summed E-state index contributed by atoms with van der Waals surface area (Å²) < 4.78 is 18.9. The first-order valence-corrected chi connectivity index (χ1v) is 13.8. The van der Waals surface area contributed by atoms with Crippen molar-refractivity contribution in [2.24, 2.45) is 0 Å². The molecule has 0 saturated carbocycles. The molecule has 186 valence electrons. The van der Waals surface area contributed by atoms with Gasteiger partial charge in [-0.25, -0.2) is 4.79 Å². The number of likely N-dealkylation sites (N-methyl/N-ethyl adjacent to an activating group) is 1. The number of thiophene rings is 1. The Bertz CT molecular complexity index is 1050. The van der Waals surface area contributed by atoms with Crippen molar-refractivity contribution < 1.29 is 23.3 Å². The van der Waals surface area contributed by atoms with Crippen LogP contribution >= 0.6 is 11.3 Å². The van der Waals surface area contributed by atoms with E-state index in [-0.39, 0.29) is 48.0 Å². The van der Waals surface area contributed by atoms with E-state index < -0.39 is 16.8 Å². The van der Waals surface area contributed by atoms with Gasteiger partial charge in [0, 0.05) is 43.7 Å². The molecule has 3 rings (SSSR count). The summed E-state index contributed by atoms with van der Waals surface area (Å²) in [5.74, 6) is -0.563. The van der Waals surface area contributed by atoms with Gasteiger partial charge in [0.2, 0.25) is 11.8 Å². The maximum atomic E-state index is 13.0. The fraction of sp³-hybridized carbons (Fsp3) is 0.565. The van der Waals surface area contributed by atoms with Gasteiger partial charge in [-0.1, -0.05) is 6.07 Å². The highest BCUT2D eigenvalue weighted by Gasteiger charge is 2.29. The smallest absolute Gasteiger partial charge is 0.342 e. The number of hydrogen-bond acceptors (Lipinski definition) is 7. The SMILES string of the molecule is CCOC(=O)c1c(C)nn(CCC(=O)N(C)[C@H]2CCCN(C(=O)Cc3cccs3)C2)c1S(C)=O. The second kappa shape index (κ2) is 11.7. The predicted molar refractivity (Wildman–Crippen MR) is 130 cm³/mol. The van der Waals surface area contributed by atoms with E-state index in [9.17, 15) is 18.6 Å². The van der Waals surface area contributed by atoms with E-state index >= 15 is 0 Å². The monoisotopic (exact) mass is 508 g/mol. The minimum atomic E-state index is -1.48. The molecule has 11 heteroatoms. The largest absolute Gasteiger partial charge is 0.462 e. The first kappa shape index (κ1) is 26.1.